The van der Waals surface area contributed by atoms with Gasteiger partial charge in [0.15, 0.2) is 5.82 Å². The number of carbonyl (C=O) groups is 1. The van der Waals surface area contributed by atoms with Crippen LogP contribution in [0.5, 0.6) is 0 Å². The summed E-state index contributed by atoms with van der Waals surface area (Å²) in [5.41, 5.74) is 7.31. The van der Waals surface area contributed by atoms with Crippen molar-refractivity contribution in [2.24, 2.45) is 5.92 Å². The number of fused-ring (bicyclic) bond motifs is 1. The van der Waals surface area contributed by atoms with Crippen molar-refractivity contribution in [3.8, 4) is 16.9 Å². The first kappa shape index (κ1) is 23.2. The summed E-state index contributed by atoms with van der Waals surface area (Å²) >= 11 is 6.11. The predicted octanol–water partition coefficient (Wildman–Crippen LogP) is 3.73. The van der Waals surface area contributed by atoms with Crippen molar-refractivity contribution in [3.05, 3.63) is 71.0 Å². The molecule has 6 rings (SSSR count). The number of anilines is 1. The molecule has 3 N–H and O–H groups in total. The van der Waals surface area contributed by atoms with Gasteiger partial charge in [-0.05, 0) is 59.0 Å². The minimum absolute atomic E-state index is 0.0625. The number of nitrogens with zero attached hydrogens (tertiary/aromatic N) is 7. The number of amides is 1. The molecule has 2 aliphatic heterocycles. The molecule has 5 heterocycles. The number of nitrogens with one attached hydrogen (secondary N) is 1. The lowest BCUT2D eigenvalue weighted by molar-refractivity contribution is -0.129. The van der Waals surface area contributed by atoms with Gasteiger partial charge in [-0.2, -0.15) is 9.07 Å². The average molecular weight is 524 g/mol. The molecule has 2 aliphatic rings. The zero-order chi connectivity index (χ0) is 25.8. The topological polar surface area (TPSA) is 132 Å². The number of hydrogen-bond donors (Lipinski definition) is 2. The van der Waals surface area contributed by atoms with E-state index in [1.54, 1.807) is 11.0 Å². The number of imidazole rings is 1. The van der Waals surface area contributed by atoms with E-state index in [-0.39, 0.29) is 45.9 Å². The molecule has 1 fully saturated rings. The largest absolute Gasteiger partial charge is 0.384 e. The highest BCUT2D eigenvalue weighted by Gasteiger charge is 2.46. The minimum atomic E-state index is -0.712. The number of tetrazole rings is 1. The fraction of sp³-hybridized carbons (Fsp3) is 0.250. The first-order valence-corrected chi connectivity index (χ1v) is 11.9. The first-order chi connectivity index (χ1) is 17.8. The van der Waals surface area contributed by atoms with E-state index in [2.05, 4.69) is 30.5 Å². The molecule has 1 amide bonds. The monoisotopic (exact) mass is 523 g/mol. The number of aromatic nitrogens is 7. The second-order valence-electron chi connectivity index (χ2n) is 9.18. The van der Waals surface area contributed by atoms with Gasteiger partial charge in [0.05, 0.1) is 34.2 Å². The van der Waals surface area contributed by atoms with Crippen molar-refractivity contribution in [3.63, 3.8) is 0 Å². The van der Waals surface area contributed by atoms with Crippen LogP contribution in [-0.4, -0.2) is 52.0 Å². The lowest BCUT2D eigenvalue weighted by Gasteiger charge is -2.34. The van der Waals surface area contributed by atoms with Crippen LogP contribution in [0.4, 0.5) is 14.6 Å². The van der Waals surface area contributed by atoms with E-state index in [0.29, 0.717) is 35.6 Å². The zero-order valence-corrected chi connectivity index (χ0v) is 20.2. The predicted molar refractivity (Wildman–Crippen MR) is 130 cm³/mol. The smallest absolute Gasteiger partial charge is 0.247 e. The third-order valence-corrected chi connectivity index (χ3v) is 7.28. The van der Waals surface area contributed by atoms with E-state index < -0.39 is 11.8 Å². The van der Waals surface area contributed by atoms with Crippen LogP contribution < -0.4 is 5.73 Å². The Labute approximate surface area is 214 Å². The second-order valence-corrected chi connectivity index (χ2v) is 9.59. The summed E-state index contributed by atoms with van der Waals surface area (Å²) < 4.78 is 31.0. The molecule has 37 heavy (non-hydrogen) atoms. The first-order valence-electron chi connectivity index (χ1n) is 11.5. The van der Waals surface area contributed by atoms with Crippen molar-refractivity contribution in [2.45, 2.75) is 31.8 Å². The Hall–Kier alpha value is -4.19. The highest BCUT2D eigenvalue weighted by molar-refractivity contribution is 6.31. The van der Waals surface area contributed by atoms with Gasteiger partial charge in [0, 0.05) is 17.7 Å². The standard InChI is InChI=1S/C24H20ClF2N9O/c1-11-6-18(24-29-9-15(31-24)13-2-5-19(28)32-23(13)27)36-17(11)7-12(8-20(36)37)21-16(35-10-30-33-34-35)4-3-14(25)22(21)26/h2-5,8-11,17-18H,6-7H2,1H3,(H2,28,32)(H,29,31)/t11-,17-,18-/m0/s1. The van der Waals surface area contributed by atoms with Crippen LogP contribution in [0.3, 0.4) is 0 Å². The summed E-state index contributed by atoms with van der Waals surface area (Å²) in [4.78, 5) is 26.5. The van der Waals surface area contributed by atoms with Gasteiger partial charge in [0.1, 0.15) is 18.0 Å². The van der Waals surface area contributed by atoms with Gasteiger partial charge in [-0.15, -0.1) is 5.10 Å². The Kier molecular flexibility index (Phi) is 5.48. The molecule has 0 aliphatic carbocycles. The average Bonchev–Trinajstić information content (AvgIpc) is 3.62. The van der Waals surface area contributed by atoms with Gasteiger partial charge in [-0.1, -0.05) is 18.5 Å². The molecule has 3 aromatic heterocycles. The summed E-state index contributed by atoms with van der Waals surface area (Å²) in [5, 5.41) is 11.1. The third kappa shape index (κ3) is 3.84. The molecular weight excluding hydrogens is 504 g/mol. The number of benzene rings is 1. The fourth-order valence-corrected chi connectivity index (χ4v) is 5.43. The van der Waals surface area contributed by atoms with E-state index in [9.17, 15) is 9.18 Å². The summed E-state index contributed by atoms with van der Waals surface area (Å²) in [6.07, 6.45) is 5.33. The number of hydrogen-bond acceptors (Lipinski definition) is 7. The van der Waals surface area contributed by atoms with E-state index >= 15 is 4.39 Å². The summed E-state index contributed by atoms with van der Waals surface area (Å²) in [5.74, 6) is -0.931. The molecule has 0 unspecified atom stereocenters. The number of halogens is 3. The molecule has 10 nitrogen and oxygen atoms in total. The van der Waals surface area contributed by atoms with Gasteiger partial charge < -0.3 is 15.6 Å². The third-order valence-electron chi connectivity index (χ3n) is 6.99. The van der Waals surface area contributed by atoms with E-state index in [1.807, 2.05) is 6.92 Å². The van der Waals surface area contributed by atoms with Crippen molar-refractivity contribution in [2.75, 3.05) is 5.73 Å². The molecule has 0 radical (unpaired) electrons. The number of nitrogen functional groups attached to an aromatic ring is 1. The van der Waals surface area contributed by atoms with Crippen LogP contribution in [0.15, 0.2) is 42.9 Å². The van der Waals surface area contributed by atoms with E-state index in [0.717, 1.165) is 0 Å². The fourth-order valence-electron chi connectivity index (χ4n) is 5.27. The molecule has 0 bridgehead atoms. The van der Waals surface area contributed by atoms with E-state index in [1.165, 1.54) is 41.5 Å². The highest BCUT2D eigenvalue weighted by Crippen LogP contribution is 2.46. The van der Waals surface area contributed by atoms with Crippen LogP contribution in [0, 0.1) is 17.7 Å². The quantitative estimate of drug-likeness (QED) is 0.389. The summed E-state index contributed by atoms with van der Waals surface area (Å²) in [6, 6.07) is 5.51. The Morgan fingerprint density at radius 2 is 2.05 bits per heavy atom. The molecule has 13 heteroatoms. The van der Waals surface area contributed by atoms with Crippen LogP contribution in [-0.2, 0) is 4.79 Å². The minimum Gasteiger partial charge on any atom is -0.384 e. The number of carbonyl (C=O) groups excluding carboxylic acids is 1. The number of H-pyrrole nitrogens is 1. The Morgan fingerprint density at radius 3 is 2.81 bits per heavy atom. The maximum Gasteiger partial charge on any atom is 0.247 e. The van der Waals surface area contributed by atoms with Gasteiger partial charge in [0.25, 0.3) is 0 Å². The number of rotatable bonds is 4. The molecule has 188 valence electrons. The molecule has 0 spiro atoms. The number of nitrogens with two attached hydrogens (primary N) is 1. The number of pyridine rings is 1. The molecule has 3 atom stereocenters. The second kappa shape index (κ2) is 8.73. The number of aromatic amines is 1. The van der Waals surface area contributed by atoms with Crippen molar-refractivity contribution in [1.29, 1.82) is 0 Å². The van der Waals surface area contributed by atoms with Gasteiger partial charge >= 0.3 is 0 Å². The maximum absolute atomic E-state index is 15.3. The lowest BCUT2D eigenvalue weighted by atomic mass is 9.88. The Morgan fingerprint density at radius 1 is 1.22 bits per heavy atom. The molecule has 0 saturated carbocycles. The Bertz CT molecular complexity index is 1550. The van der Waals surface area contributed by atoms with Crippen LogP contribution in [0.25, 0.3) is 22.5 Å². The van der Waals surface area contributed by atoms with Gasteiger partial charge in [-0.25, -0.2) is 14.4 Å². The normalized spacial score (nSPS) is 21.3. The van der Waals surface area contributed by atoms with Gasteiger partial charge in [0.2, 0.25) is 11.9 Å². The molecule has 4 aromatic rings. The molecular formula is C24H20ClF2N9O. The van der Waals surface area contributed by atoms with Crippen LogP contribution >= 0.6 is 11.6 Å². The lowest BCUT2D eigenvalue weighted by Crippen LogP contribution is -2.41. The van der Waals surface area contributed by atoms with Crippen LogP contribution in [0.1, 0.15) is 37.2 Å². The van der Waals surface area contributed by atoms with Gasteiger partial charge in [-0.3, -0.25) is 4.79 Å². The Balaban J connectivity index is 1.36. The summed E-state index contributed by atoms with van der Waals surface area (Å²) in [7, 11) is 0. The van der Waals surface area contributed by atoms with E-state index in [4.69, 9.17) is 17.3 Å². The molecule has 1 aromatic carbocycles. The summed E-state index contributed by atoms with van der Waals surface area (Å²) in [6.45, 7) is 2.04. The zero-order valence-electron chi connectivity index (χ0n) is 19.4. The van der Waals surface area contributed by atoms with Crippen molar-refractivity contribution >= 4 is 28.9 Å². The van der Waals surface area contributed by atoms with Crippen LogP contribution in [0.2, 0.25) is 5.02 Å². The van der Waals surface area contributed by atoms with Crippen molar-refractivity contribution in [1.82, 2.24) is 40.1 Å². The highest BCUT2D eigenvalue weighted by atomic mass is 35.5. The molecule has 1 saturated heterocycles. The maximum atomic E-state index is 15.3. The van der Waals surface area contributed by atoms with Crippen molar-refractivity contribution < 1.29 is 13.6 Å². The SMILES string of the molecule is C[C@H]1C[C@@H](c2ncc(-c3ccc(N)nc3F)[nH]2)N2C(=O)C=C(c3c(-n4cnnn4)ccc(Cl)c3F)C[C@@H]12.